The molecule has 1 aliphatic rings. The third-order valence-electron chi connectivity index (χ3n) is 5.99. The number of pyridine rings is 1. The Balaban J connectivity index is 1.26. The van der Waals surface area contributed by atoms with Gasteiger partial charge in [-0.2, -0.15) is 5.10 Å². The van der Waals surface area contributed by atoms with Crippen molar-refractivity contribution in [2.45, 2.75) is 51.5 Å². The van der Waals surface area contributed by atoms with Gasteiger partial charge in [-0.25, -0.2) is 9.07 Å². The maximum atomic E-state index is 12.9. The number of ether oxygens (including phenoxy) is 1. The van der Waals surface area contributed by atoms with Crippen molar-refractivity contribution < 1.29 is 14.2 Å². The molecule has 0 atom stereocenters. The molecule has 0 bridgehead atoms. The van der Waals surface area contributed by atoms with Gasteiger partial charge in [0.15, 0.2) is 0 Å². The van der Waals surface area contributed by atoms with Gasteiger partial charge < -0.3 is 9.84 Å². The number of piperidine rings is 1. The Kier molecular flexibility index (Phi) is 7.15. The van der Waals surface area contributed by atoms with Crippen molar-refractivity contribution in [3.63, 3.8) is 0 Å². The number of hydrogen-bond donors (Lipinski definition) is 1. The maximum absolute atomic E-state index is 12.9. The van der Waals surface area contributed by atoms with Gasteiger partial charge in [-0.05, 0) is 49.4 Å². The molecule has 3 heterocycles. The van der Waals surface area contributed by atoms with Crippen molar-refractivity contribution in [2.24, 2.45) is 0 Å². The summed E-state index contributed by atoms with van der Waals surface area (Å²) in [4.78, 5) is 18.7. The summed E-state index contributed by atoms with van der Waals surface area (Å²) in [6, 6.07) is 12.7. The minimum absolute atomic E-state index is 0.133. The van der Waals surface area contributed by atoms with Crippen LogP contribution in [0.1, 0.15) is 36.6 Å². The van der Waals surface area contributed by atoms with Crippen LogP contribution in [0.2, 0.25) is 0 Å². The molecule has 4 rings (SSSR count). The van der Waals surface area contributed by atoms with Gasteiger partial charge in [0, 0.05) is 32.2 Å². The fourth-order valence-corrected chi connectivity index (χ4v) is 3.81. The number of benzene rings is 1. The van der Waals surface area contributed by atoms with Crippen molar-refractivity contribution in [3.05, 3.63) is 87.9 Å². The lowest BCUT2D eigenvalue weighted by atomic mass is 9.93. The number of halogens is 1. The number of aryl methyl sites for hydroxylation is 2. The molecule has 3 aromatic rings. The molecular formula is C25H29FN4O3. The Morgan fingerprint density at radius 2 is 1.82 bits per heavy atom. The van der Waals surface area contributed by atoms with Crippen LogP contribution in [-0.2, 0) is 26.1 Å². The Bertz CT molecular complexity index is 1100. The highest BCUT2D eigenvalue weighted by Gasteiger charge is 2.27. The Morgan fingerprint density at radius 1 is 1.09 bits per heavy atom. The number of likely N-dealkylation sites (tertiary alicyclic amines) is 1. The molecule has 8 heteroatoms. The standard InChI is InChI=1S/C25H29FN4O3/c1-25(32)9-12-29(13-10-25)17-20-4-2-19(3-5-20)8-11-30-24(31)14-23(16-28-30)33-18-22-7-6-21(26)15-27-22/h2-7,14-16,32H,8-13,17-18H2,1H3. The lowest BCUT2D eigenvalue weighted by Gasteiger charge is -2.35. The molecule has 33 heavy (non-hydrogen) atoms. The topological polar surface area (TPSA) is 80.5 Å². The van der Waals surface area contributed by atoms with E-state index in [1.165, 1.54) is 34.6 Å². The minimum Gasteiger partial charge on any atom is -0.485 e. The van der Waals surface area contributed by atoms with E-state index in [2.05, 4.69) is 39.2 Å². The summed E-state index contributed by atoms with van der Waals surface area (Å²) < 4.78 is 19.9. The molecule has 0 unspecified atom stereocenters. The van der Waals surface area contributed by atoms with Gasteiger partial charge in [-0.3, -0.25) is 14.7 Å². The predicted octanol–water partition coefficient (Wildman–Crippen LogP) is 2.95. The summed E-state index contributed by atoms with van der Waals surface area (Å²) in [7, 11) is 0. The first-order chi connectivity index (χ1) is 15.9. The second kappa shape index (κ2) is 10.2. The molecule has 0 amide bonds. The van der Waals surface area contributed by atoms with E-state index in [1.54, 1.807) is 0 Å². The highest BCUT2D eigenvalue weighted by atomic mass is 19.1. The molecule has 2 aromatic heterocycles. The molecule has 1 aliphatic heterocycles. The molecule has 0 aliphatic carbocycles. The van der Waals surface area contributed by atoms with Crippen molar-refractivity contribution in [1.29, 1.82) is 0 Å². The first-order valence-corrected chi connectivity index (χ1v) is 11.2. The van der Waals surface area contributed by atoms with Crippen LogP contribution in [0, 0.1) is 5.82 Å². The number of rotatable bonds is 8. The molecule has 1 fully saturated rings. The van der Waals surface area contributed by atoms with Gasteiger partial charge >= 0.3 is 0 Å². The third-order valence-corrected chi connectivity index (χ3v) is 5.99. The van der Waals surface area contributed by atoms with Crippen molar-refractivity contribution in [1.82, 2.24) is 19.7 Å². The number of hydrogen-bond acceptors (Lipinski definition) is 6. The summed E-state index contributed by atoms with van der Waals surface area (Å²) in [6.45, 7) is 5.21. The van der Waals surface area contributed by atoms with Crippen molar-refractivity contribution in [3.8, 4) is 5.75 Å². The fourth-order valence-electron chi connectivity index (χ4n) is 3.81. The van der Waals surface area contributed by atoms with Crippen LogP contribution in [0.4, 0.5) is 4.39 Å². The molecule has 1 N–H and O–H groups in total. The van der Waals surface area contributed by atoms with Crippen molar-refractivity contribution in [2.75, 3.05) is 13.1 Å². The highest BCUT2D eigenvalue weighted by Crippen LogP contribution is 2.22. The molecule has 174 valence electrons. The van der Waals surface area contributed by atoms with E-state index in [4.69, 9.17) is 4.74 Å². The van der Waals surface area contributed by atoms with E-state index in [0.717, 1.165) is 44.2 Å². The van der Waals surface area contributed by atoms with Gasteiger partial charge in [0.2, 0.25) is 0 Å². The first kappa shape index (κ1) is 23.1. The molecule has 1 saturated heterocycles. The van der Waals surface area contributed by atoms with E-state index in [0.29, 0.717) is 24.4 Å². The van der Waals surface area contributed by atoms with Gasteiger partial charge in [0.25, 0.3) is 5.56 Å². The third kappa shape index (κ3) is 6.69. The zero-order valence-corrected chi connectivity index (χ0v) is 18.8. The number of nitrogens with zero attached hydrogens (tertiary/aromatic N) is 4. The van der Waals surface area contributed by atoms with Crippen LogP contribution < -0.4 is 10.3 Å². The van der Waals surface area contributed by atoms with Crippen LogP contribution in [0.15, 0.2) is 59.7 Å². The number of aliphatic hydroxyl groups is 1. The van der Waals surface area contributed by atoms with E-state index in [-0.39, 0.29) is 12.2 Å². The minimum atomic E-state index is -0.531. The largest absolute Gasteiger partial charge is 0.485 e. The average Bonchev–Trinajstić information content (AvgIpc) is 2.80. The predicted molar refractivity (Wildman–Crippen MR) is 122 cm³/mol. The van der Waals surface area contributed by atoms with E-state index in [1.807, 2.05) is 6.92 Å². The van der Waals surface area contributed by atoms with Crippen molar-refractivity contribution >= 4 is 0 Å². The highest BCUT2D eigenvalue weighted by molar-refractivity contribution is 5.23. The normalized spacial score (nSPS) is 16.0. The Labute approximate surface area is 192 Å². The lowest BCUT2D eigenvalue weighted by molar-refractivity contribution is -0.00730. The van der Waals surface area contributed by atoms with Gasteiger partial charge in [-0.15, -0.1) is 0 Å². The van der Waals surface area contributed by atoms with Gasteiger partial charge in [-0.1, -0.05) is 24.3 Å². The summed E-state index contributed by atoms with van der Waals surface area (Å²) in [5.41, 5.74) is 2.18. The zero-order valence-electron chi connectivity index (χ0n) is 18.8. The molecular weight excluding hydrogens is 423 g/mol. The monoisotopic (exact) mass is 452 g/mol. The fraction of sp³-hybridized carbons (Fsp3) is 0.400. The summed E-state index contributed by atoms with van der Waals surface area (Å²) in [6.07, 6.45) is 4.93. The molecule has 0 spiro atoms. The molecule has 0 saturated carbocycles. The van der Waals surface area contributed by atoms with Crippen LogP contribution >= 0.6 is 0 Å². The second-order valence-corrected chi connectivity index (χ2v) is 8.85. The van der Waals surface area contributed by atoms with E-state index >= 15 is 0 Å². The number of aromatic nitrogens is 3. The average molecular weight is 453 g/mol. The van der Waals surface area contributed by atoms with Gasteiger partial charge in [0.1, 0.15) is 18.2 Å². The SMILES string of the molecule is CC1(O)CCN(Cc2ccc(CCn3ncc(OCc4ccc(F)cn4)cc3=O)cc2)CC1. The second-order valence-electron chi connectivity index (χ2n) is 8.85. The Morgan fingerprint density at radius 3 is 2.48 bits per heavy atom. The van der Waals surface area contributed by atoms with Crippen LogP contribution in [0.25, 0.3) is 0 Å². The van der Waals surface area contributed by atoms with E-state index in [9.17, 15) is 14.3 Å². The summed E-state index contributed by atoms with van der Waals surface area (Å²) in [5.74, 6) is -0.0548. The molecule has 0 radical (unpaired) electrons. The van der Waals surface area contributed by atoms with Crippen LogP contribution in [0.5, 0.6) is 5.75 Å². The quantitative estimate of drug-likeness (QED) is 0.566. The van der Waals surface area contributed by atoms with E-state index < -0.39 is 11.4 Å². The lowest BCUT2D eigenvalue weighted by Crippen LogP contribution is -2.41. The van der Waals surface area contributed by atoms with Gasteiger partial charge in [0.05, 0.1) is 23.7 Å². The summed E-state index contributed by atoms with van der Waals surface area (Å²) in [5, 5.41) is 14.3. The van der Waals surface area contributed by atoms with Crippen LogP contribution in [-0.4, -0.2) is 43.5 Å². The Hall–Kier alpha value is -3.10. The first-order valence-electron chi connectivity index (χ1n) is 11.2. The zero-order chi connectivity index (χ0) is 23.3. The molecule has 7 nitrogen and oxygen atoms in total. The smallest absolute Gasteiger partial charge is 0.270 e. The molecule has 1 aromatic carbocycles. The maximum Gasteiger partial charge on any atom is 0.270 e. The summed E-state index contributed by atoms with van der Waals surface area (Å²) >= 11 is 0. The van der Waals surface area contributed by atoms with Crippen LogP contribution in [0.3, 0.4) is 0 Å².